The Morgan fingerprint density at radius 3 is 2.30 bits per heavy atom. The fourth-order valence-corrected chi connectivity index (χ4v) is 11.6. The minimum atomic E-state index is -2.20. The molecule has 0 amide bonds. The SMILES string of the molecule is C[C@H]1C[C@]2(O)[C@H]3OC(C)(C)O[C@@]3(C)[C@@H]3[C@@H]4C(C[C@@H](OCc5ccccc5)C3(C#N)C[C@H]2[C@H]1O[Si](C)(C)C(C)(C)C)C4(C)C. The lowest BCUT2D eigenvalue weighted by atomic mass is 9.57. The van der Waals surface area contributed by atoms with Crippen LogP contribution in [0.15, 0.2) is 30.3 Å². The molecule has 1 aliphatic heterocycles. The lowest BCUT2D eigenvalue weighted by Crippen LogP contribution is -2.60. The summed E-state index contributed by atoms with van der Waals surface area (Å²) >= 11 is 0. The Morgan fingerprint density at radius 1 is 1.05 bits per heavy atom. The van der Waals surface area contributed by atoms with Crippen LogP contribution in [-0.2, 0) is 25.2 Å². The molecule has 4 aliphatic carbocycles. The van der Waals surface area contributed by atoms with Crippen molar-refractivity contribution in [3.8, 4) is 6.07 Å². The number of aliphatic hydroxyl groups is 1. The zero-order valence-electron chi connectivity index (χ0n) is 28.4. The first kappa shape index (κ1) is 31.7. The van der Waals surface area contributed by atoms with Crippen molar-refractivity contribution in [3.63, 3.8) is 0 Å². The van der Waals surface area contributed by atoms with Gasteiger partial charge in [0, 0.05) is 11.8 Å². The summed E-state index contributed by atoms with van der Waals surface area (Å²) in [6.07, 6.45) is 0.895. The first-order chi connectivity index (χ1) is 19.7. The molecule has 0 radical (unpaired) electrons. The van der Waals surface area contributed by atoms with E-state index in [1.165, 1.54) is 0 Å². The summed E-state index contributed by atoms with van der Waals surface area (Å²) in [5.74, 6) is -0.477. The third kappa shape index (κ3) is 4.56. The Morgan fingerprint density at radius 2 is 1.70 bits per heavy atom. The van der Waals surface area contributed by atoms with E-state index in [2.05, 4.69) is 79.8 Å². The van der Waals surface area contributed by atoms with Gasteiger partial charge in [0.2, 0.25) is 0 Å². The summed E-state index contributed by atoms with van der Waals surface area (Å²) in [6, 6.07) is 13.2. The van der Waals surface area contributed by atoms with Crippen molar-refractivity contribution >= 4 is 8.32 Å². The zero-order chi connectivity index (χ0) is 31.6. The number of rotatable bonds is 5. The van der Waals surface area contributed by atoms with Crippen molar-refractivity contribution < 1.29 is 23.7 Å². The van der Waals surface area contributed by atoms with Gasteiger partial charge in [-0.15, -0.1) is 0 Å². The van der Waals surface area contributed by atoms with Crippen LogP contribution in [0.1, 0.15) is 87.1 Å². The Kier molecular flexibility index (Phi) is 7.09. The van der Waals surface area contributed by atoms with E-state index >= 15 is 0 Å². The Hall–Kier alpha value is -1.27. The number of benzene rings is 1. The van der Waals surface area contributed by atoms with Crippen LogP contribution in [-0.4, -0.2) is 48.7 Å². The Bertz CT molecular complexity index is 1280. The van der Waals surface area contributed by atoms with Crippen molar-refractivity contribution in [2.75, 3.05) is 0 Å². The number of ether oxygens (including phenoxy) is 3. The average molecular weight is 610 g/mol. The van der Waals surface area contributed by atoms with Gasteiger partial charge < -0.3 is 23.7 Å². The zero-order valence-corrected chi connectivity index (χ0v) is 29.4. The first-order valence-electron chi connectivity index (χ1n) is 16.6. The van der Waals surface area contributed by atoms with Gasteiger partial charge in [-0.1, -0.05) is 71.9 Å². The van der Waals surface area contributed by atoms with E-state index in [0.29, 0.717) is 25.4 Å². The monoisotopic (exact) mass is 609 g/mol. The molecule has 11 atom stereocenters. The quantitative estimate of drug-likeness (QED) is 0.349. The predicted octanol–water partition coefficient (Wildman–Crippen LogP) is 7.47. The number of fused-ring (bicyclic) bond motifs is 7. The molecule has 2 unspecified atom stereocenters. The van der Waals surface area contributed by atoms with E-state index < -0.39 is 36.8 Å². The lowest BCUT2D eigenvalue weighted by molar-refractivity contribution is -0.204. The van der Waals surface area contributed by atoms with Gasteiger partial charge >= 0.3 is 0 Å². The molecule has 5 fully saturated rings. The Labute approximate surface area is 260 Å². The highest BCUT2D eigenvalue weighted by atomic mass is 28.4. The summed E-state index contributed by atoms with van der Waals surface area (Å²) in [5, 5.41) is 24.6. The minimum Gasteiger partial charge on any atom is -0.413 e. The summed E-state index contributed by atoms with van der Waals surface area (Å²) in [7, 11) is -2.20. The minimum absolute atomic E-state index is 0.0223. The molecule has 0 aromatic heterocycles. The van der Waals surface area contributed by atoms with Gasteiger partial charge in [-0.3, -0.25) is 0 Å². The summed E-state index contributed by atoms with van der Waals surface area (Å²) in [6.45, 7) is 24.8. The second-order valence-electron chi connectivity index (χ2n) is 17.6. The van der Waals surface area contributed by atoms with E-state index in [4.69, 9.17) is 18.6 Å². The van der Waals surface area contributed by atoms with Gasteiger partial charge in [-0.05, 0) is 86.9 Å². The van der Waals surface area contributed by atoms with Crippen LogP contribution in [0, 0.1) is 51.8 Å². The van der Waals surface area contributed by atoms with Crippen LogP contribution >= 0.6 is 0 Å². The molecular weight excluding hydrogens is 554 g/mol. The molecule has 5 aliphatic rings. The normalized spacial score (nSPS) is 46.1. The molecule has 1 saturated heterocycles. The van der Waals surface area contributed by atoms with Crippen molar-refractivity contribution in [1.29, 1.82) is 5.26 Å². The molecule has 4 saturated carbocycles. The number of nitriles is 1. The molecule has 0 bridgehead atoms. The molecule has 1 aromatic rings. The summed E-state index contributed by atoms with van der Waals surface area (Å²) < 4.78 is 27.9. The number of nitrogens with zero attached hydrogens (tertiary/aromatic N) is 1. The predicted molar refractivity (Wildman–Crippen MR) is 169 cm³/mol. The van der Waals surface area contributed by atoms with Gasteiger partial charge in [0.05, 0.1) is 35.9 Å². The smallest absolute Gasteiger partial charge is 0.192 e. The maximum atomic E-state index is 13.1. The average Bonchev–Trinajstić information content (AvgIpc) is 3.21. The van der Waals surface area contributed by atoms with Gasteiger partial charge in [-0.25, -0.2) is 0 Å². The maximum absolute atomic E-state index is 13.1. The first-order valence-corrected chi connectivity index (χ1v) is 19.5. The maximum Gasteiger partial charge on any atom is 0.192 e. The van der Waals surface area contributed by atoms with E-state index in [0.717, 1.165) is 12.0 Å². The highest BCUT2D eigenvalue weighted by Gasteiger charge is 2.81. The highest BCUT2D eigenvalue weighted by molar-refractivity contribution is 6.74. The van der Waals surface area contributed by atoms with Crippen LogP contribution in [0.4, 0.5) is 0 Å². The second kappa shape index (κ2) is 9.62. The highest BCUT2D eigenvalue weighted by Crippen LogP contribution is 2.77. The fraction of sp³-hybridized carbons (Fsp3) is 0.806. The molecule has 6 rings (SSSR count). The molecule has 0 spiro atoms. The largest absolute Gasteiger partial charge is 0.413 e. The molecule has 7 heteroatoms. The van der Waals surface area contributed by atoms with E-state index in [1.54, 1.807) is 0 Å². The van der Waals surface area contributed by atoms with Gasteiger partial charge in [-0.2, -0.15) is 5.26 Å². The van der Waals surface area contributed by atoms with Crippen LogP contribution in [0.2, 0.25) is 18.1 Å². The van der Waals surface area contributed by atoms with Crippen LogP contribution in [0.25, 0.3) is 0 Å². The molecule has 238 valence electrons. The fourth-order valence-electron chi connectivity index (χ4n) is 10.1. The van der Waals surface area contributed by atoms with Crippen molar-refractivity contribution in [2.24, 2.45) is 40.4 Å². The van der Waals surface area contributed by atoms with Crippen molar-refractivity contribution in [3.05, 3.63) is 35.9 Å². The van der Waals surface area contributed by atoms with Gasteiger partial charge in [0.15, 0.2) is 14.1 Å². The summed E-state index contributed by atoms with van der Waals surface area (Å²) in [5.41, 5.74) is -1.76. The molecule has 1 aromatic carbocycles. The van der Waals surface area contributed by atoms with E-state index in [-0.39, 0.29) is 46.3 Å². The van der Waals surface area contributed by atoms with E-state index in [1.807, 2.05) is 32.0 Å². The van der Waals surface area contributed by atoms with Gasteiger partial charge in [0.25, 0.3) is 0 Å². The van der Waals surface area contributed by atoms with Crippen molar-refractivity contribution in [2.45, 2.75) is 142 Å². The van der Waals surface area contributed by atoms with Crippen LogP contribution in [0.3, 0.4) is 0 Å². The van der Waals surface area contributed by atoms with Crippen LogP contribution < -0.4 is 0 Å². The Balaban J connectivity index is 1.51. The number of hydrogen-bond donors (Lipinski definition) is 1. The molecule has 1 heterocycles. The van der Waals surface area contributed by atoms with Gasteiger partial charge in [0.1, 0.15) is 11.7 Å². The van der Waals surface area contributed by atoms with Crippen molar-refractivity contribution in [1.82, 2.24) is 0 Å². The molecular formula is C36H55NO5Si. The molecule has 1 N–H and O–H groups in total. The third-order valence-corrected chi connectivity index (χ3v) is 17.6. The molecule has 6 nitrogen and oxygen atoms in total. The summed E-state index contributed by atoms with van der Waals surface area (Å²) in [4.78, 5) is 0. The van der Waals surface area contributed by atoms with Crippen LogP contribution in [0.5, 0.6) is 0 Å². The standard InChI is InChI=1S/C36H55NO5Si/c1-22-18-36(38)25(28(22)41-43(10,11)31(2,3)4)19-35(21-37)26(39-20-23-15-13-12-14-16-23)17-24-27(32(24,5)6)29(35)34(9)30(36)40-33(7,8)42-34/h12-16,22,24-30,38H,17-20H2,1-11H3/t22-,24?,25-,26+,27-,28-,29-,30-,34-,35?,36+/m0/s1. The molecule has 43 heavy (non-hydrogen) atoms. The topological polar surface area (TPSA) is 80.9 Å². The van der Waals surface area contributed by atoms with E-state index in [9.17, 15) is 10.4 Å². The second-order valence-corrected chi connectivity index (χ2v) is 22.4. The lowest BCUT2D eigenvalue weighted by Gasteiger charge is -2.51. The third-order valence-electron chi connectivity index (χ3n) is 13.1. The number of hydrogen-bond acceptors (Lipinski definition) is 6.